The molecule has 4 nitrogen and oxygen atoms in total. The van der Waals surface area contributed by atoms with Crippen LogP contribution in [0.3, 0.4) is 0 Å². The number of hydrogen-bond donors (Lipinski definition) is 1. The van der Waals surface area contributed by atoms with Gasteiger partial charge in [-0.05, 0) is 0 Å². The number of Topliss-reactive ketones (excluding diaryl/α,β-unsaturated/α-hetero) is 1. The third kappa shape index (κ3) is 3.52. The molecule has 1 aromatic carbocycles. The van der Waals surface area contributed by atoms with Gasteiger partial charge in [0, 0.05) is 12.5 Å². The topological polar surface area (TPSA) is 63.6 Å². The second-order valence-corrected chi connectivity index (χ2v) is 3.05. The van der Waals surface area contributed by atoms with Crippen LogP contribution in [-0.2, 0) is 9.53 Å². The van der Waals surface area contributed by atoms with Crippen LogP contribution in [0.2, 0.25) is 0 Å². The minimum absolute atomic E-state index is 0.303. The predicted octanol–water partition coefficient (Wildman–Crippen LogP) is 0.793. The number of ketones is 1. The highest BCUT2D eigenvalue weighted by atomic mass is 16.5. The number of aliphatic hydroxyl groups excluding tert-OH is 1. The predicted molar refractivity (Wildman–Crippen MR) is 53.4 cm³/mol. The van der Waals surface area contributed by atoms with Crippen molar-refractivity contribution < 1.29 is 19.4 Å². The Morgan fingerprint density at radius 1 is 1.33 bits per heavy atom. The first-order valence-electron chi connectivity index (χ1n) is 4.52. The van der Waals surface area contributed by atoms with E-state index in [-0.39, 0.29) is 6.61 Å². The monoisotopic (exact) mass is 208 g/mol. The van der Waals surface area contributed by atoms with Crippen LogP contribution >= 0.6 is 0 Å². The van der Waals surface area contributed by atoms with E-state index < -0.39 is 17.9 Å². The van der Waals surface area contributed by atoms with Crippen molar-refractivity contribution in [3.05, 3.63) is 35.9 Å². The number of benzene rings is 1. The van der Waals surface area contributed by atoms with E-state index in [4.69, 9.17) is 0 Å². The summed E-state index contributed by atoms with van der Waals surface area (Å²) in [5.74, 6) is -0.966. The fraction of sp³-hybridized carbons (Fsp3) is 0.273. The molecule has 0 saturated carbocycles. The van der Waals surface area contributed by atoms with Crippen molar-refractivity contribution >= 4 is 11.8 Å². The molecule has 0 aliphatic heterocycles. The van der Waals surface area contributed by atoms with Gasteiger partial charge in [-0.1, -0.05) is 30.3 Å². The van der Waals surface area contributed by atoms with E-state index in [2.05, 4.69) is 4.74 Å². The third-order valence-electron chi connectivity index (χ3n) is 1.81. The van der Waals surface area contributed by atoms with Crippen LogP contribution in [-0.4, -0.2) is 29.6 Å². The maximum Gasteiger partial charge on any atom is 0.302 e. The summed E-state index contributed by atoms with van der Waals surface area (Å²) in [5, 5.41) is 9.39. The molecule has 15 heavy (non-hydrogen) atoms. The Kier molecular flexibility index (Phi) is 4.00. The molecular weight excluding hydrogens is 196 g/mol. The molecule has 0 radical (unpaired) electrons. The number of ether oxygens (including phenoxy) is 1. The summed E-state index contributed by atoms with van der Waals surface area (Å²) in [4.78, 5) is 22.0. The van der Waals surface area contributed by atoms with Crippen molar-refractivity contribution in [3.8, 4) is 0 Å². The quantitative estimate of drug-likeness (QED) is 0.587. The molecule has 1 atom stereocenters. The molecule has 4 heteroatoms. The van der Waals surface area contributed by atoms with Crippen LogP contribution in [0.5, 0.6) is 0 Å². The van der Waals surface area contributed by atoms with Crippen molar-refractivity contribution in [2.75, 3.05) is 6.61 Å². The zero-order valence-electron chi connectivity index (χ0n) is 8.34. The Balaban J connectivity index is 2.57. The Hall–Kier alpha value is -1.68. The fourth-order valence-electron chi connectivity index (χ4n) is 1.07. The molecule has 0 aliphatic rings. The van der Waals surface area contributed by atoms with Gasteiger partial charge in [-0.15, -0.1) is 0 Å². The van der Waals surface area contributed by atoms with Gasteiger partial charge in [0.15, 0.2) is 11.9 Å². The zero-order valence-corrected chi connectivity index (χ0v) is 8.34. The Labute approximate surface area is 87.5 Å². The number of esters is 1. The molecular formula is C11H12O4. The highest BCUT2D eigenvalue weighted by molar-refractivity contribution is 5.99. The highest BCUT2D eigenvalue weighted by Crippen LogP contribution is 2.03. The van der Waals surface area contributed by atoms with Crippen LogP contribution in [0.15, 0.2) is 30.3 Å². The minimum Gasteiger partial charge on any atom is -0.463 e. The van der Waals surface area contributed by atoms with E-state index in [1.807, 2.05) is 0 Å². The largest absolute Gasteiger partial charge is 0.463 e. The summed E-state index contributed by atoms with van der Waals surface area (Å²) in [6.07, 6.45) is -1.30. The molecule has 0 fully saturated rings. The lowest BCUT2D eigenvalue weighted by atomic mass is 10.1. The van der Waals surface area contributed by atoms with Gasteiger partial charge in [0.25, 0.3) is 0 Å². The van der Waals surface area contributed by atoms with Crippen LogP contribution in [0.25, 0.3) is 0 Å². The first kappa shape index (κ1) is 11.4. The first-order chi connectivity index (χ1) is 7.11. The molecule has 1 rings (SSSR count). The van der Waals surface area contributed by atoms with Gasteiger partial charge in [-0.3, -0.25) is 9.59 Å². The molecule has 0 aliphatic carbocycles. The van der Waals surface area contributed by atoms with Crippen molar-refractivity contribution in [1.29, 1.82) is 0 Å². The maximum absolute atomic E-state index is 11.5. The van der Waals surface area contributed by atoms with Crippen molar-refractivity contribution in [2.45, 2.75) is 13.0 Å². The third-order valence-corrected chi connectivity index (χ3v) is 1.81. The summed E-state index contributed by atoms with van der Waals surface area (Å²) in [6, 6.07) is 8.37. The van der Waals surface area contributed by atoms with Crippen molar-refractivity contribution in [3.63, 3.8) is 0 Å². The van der Waals surface area contributed by atoms with Gasteiger partial charge in [0.1, 0.15) is 6.61 Å². The van der Waals surface area contributed by atoms with Gasteiger partial charge >= 0.3 is 5.97 Å². The summed E-state index contributed by atoms with van der Waals surface area (Å²) in [6.45, 7) is 0.919. The lowest BCUT2D eigenvalue weighted by Gasteiger charge is -2.08. The Morgan fingerprint density at radius 3 is 2.47 bits per heavy atom. The number of aliphatic hydroxyl groups is 1. The standard InChI is InChI=1S/C11H12O4/c1-8(12)15-7-10(13)11(14)9-5-3-2-4-6-9/h2-6,10,13H,7H2,1H3/t10-/m0/s1. The lowest BCUT2D eigenvalue weighted by molar-refractivity contribution is -0.143. The number of hydrogen-bond acceptors (Lipinski definition) is 4. The summed E-state index contributed by atoms with van der Waals surface area (Å²) in [5.41, 5.74) is 0.400. The zero-order chi connectivity index (χ0) is 11.3. The molecule has 0 unspecified atom stereocenters. The van der Waals surface area contributed by atoms with Gasteiger partial charge < -0.3 is 9.84 Å². The first-order valence-corrected chi connectivity index (χ1v) is 4.52. The maximum atomic E-state index is 11.5. The van der Waals surface area contributed by atoms with Crippen LogP contribution in [0.4, 0.5) is 0 Å². The summed E-state index contributed by atoms with van der Waals surface area (Å²) >= 11 is 0. The van der Waals surface area contributed by atoms with E-state index in [1.165, 1.54) is 6.92 Å². The average molecular weight is 208 g/mol. The van der Waals surface area contributed by atoms with Crippen molar-refractivity contribution in [2.24, 2.45) is 0 Å². The Bertz CT molecular complexity index is 345. The second kappa shape index (κ2) is 5.26. The molecule has 0 saturated heterocycles. The van der Waals surface area contributed by atoms with E-state index in [9.17, 15) is 14.7 Å². The second-order valence-electron chi connectivity index (χ2n) is 3.05. The lowest BCUT2D eigenvalue weighted by Crippen LogP contribution is -2.27. The van der Waals surface area contributed by atoms with Gasteiger partial charge in [-0.2, -0.15) is 0 Å². The van der Waals surface area contributed by atoms with Crippen LogP contribution < -0.4 is 0 Å². The molecule has 1 N–H and O–H groups in total. The number of rotatable bonds is 4. The van der Waals surface area contributed by atoms with E-state index in [0.29, 0.717) is 5.56 Å². The Morgan fingerprint density at radius 2 is 1.93 bits per heavy atom. The SMILES string of the molecule is CC(=O)OC[C@H](O)C(=O)c1ccccc1. The van der Waals surface area contributed by atoms with Gasteiger partial charge in [0.05, 0.1) is 0 Å². The molecule has 0 amide bonds. The average Bonchev–Trinajstić information content (AvgIpc) is 2.26. The van der Waals surface area contributed by atoms with Crippen LogP contribution in [0.1, 0.15) is 17.3 Å². The highest BCUT2D eigenvalue weighted by Gasteiger charge is 2.17. The smallest absolute Gasteiger partial charge is 0.302 e. The molecule has 0 spiro atoms. The fourth-order valence-corrected chi connectivity index (χ4v) is 1.07. The van der Waals surface area contributed by atoms with E-state index in [1.54, 1.807) is 30.3 Å². The molecule has 80 valence electrons. The van der Waals surface area contributed by atoms with Crippen molar-refractivity contribution in [1.82, 2.24) is 0 Å². The number of carbonyl (C=O) groups excluding carboxylic acids is 2. The normalized spacial score (nSPS) is 11.9. The minimum atomic E-state index is -1.30. The van der Waals surface area contributed by atoms with Gasteiger partial charge in [0.2, 0.25) is 0 Å². The molecule has 0 heterocycles. The van der Waals surface area contributed by atoms with E-state index in [0.717, 1.165) is 0 Å². The van der Waals surface area contributed by atoms with Gasteiger partial charge in [-0.25, -0.2) is 0 Å². The molecule has 0 aromatic heterocycles. The molecule has 1 aromatic rings. The van der Waals surface area contributed by atoms with Crippen LogP contribution in [0, 0.1) is 0 Å². The molecule has 0 bridgehead atoms. The number of carbonyl (C=O) groups is 2. The summed E-state index contributed by atoms with van der Waals surface area (Å²) < 4.78 is 4.54. The van der Waals surface area contributed by atoms with E-state index >= 15 is 0 Å². The summed E-state index contributed by atoms with van der Waals surface area (Å²) in [7, 11) is 0.